The highest BCUT2D eigenvalue weighted by Crippen LogP contribution is 2.28. The molecule has 4 rings (SSSR count). The Hall–Kier alpha value is -2.68. The van der Waals surface area contributed by atoms with E-state index >= 15 is 0 Å². The second-order valence-electron chi connectivity index (χ2n) is 5.42. The van der Waals surface area contributed by atoms with Crippen LogP contribution in [0.1, 0.15) is 11.6 Å². The highest BCUT2D eigenvalue weighted by Gasteiger charge is 2.31. The third-order valence-corrected chi connectivity index (χ3v) is 3.81. The predicted octanol–water partition coefficient (Wildman–Crippen LogP) is 2.40. The molecule has 3 aromatic rings. The maximum atomic E-state index is 12.2. The molecule has 124 valence electrons. The molecule has 1 aliphatic rings. The number of nitrogens with zero attached hydrogens (tertiary/aromatic N) is 4. The number of fused-ring (bicyclic) bond motifs is 1. The van der Waals surface area contributed by atoms with Gasteiger partial charge in [0.1, 0.15) is 11.3 Å². The van der Waals surface area contributed by atoms with Crippen molar-refractivity contribution in [3.63, 3.8) is 0 Å². The number of hydrogen-bond donors (Lipinski definition) is 1. The van der Waals surface area contributed by atoms with Crippen LogP contribution in [0.5, 0.6) is 5.75 Å². The molecule has 6 nitrogen and oxygen atoms in total. The summed E-state index contributed by atoms with van der Waals surface area (Å²) >= 11 is 0. The summed E-state index contributed by atoms with van der Waals surface area (Å²) in [4.78, 5) is 8.66. The number of alkyl halides is 3. The molecule has 0 bridgehead atoms. The first-order valence-corrected chi connectivity index (χ1v) is 7.28. The number of hydrogen-bond acceptors (Lipinski definition) is 5. The summed E-state index contributed by atoms with van der Waals surface area (Å²) in [6, 6.07) is 5.50. The quantitative estimate of drug-likeness (QED) is 0.796. The number of benzene rings is 1. The number of ether oxygens (including phenoxy) is 1. The third kappa shape index (κ3) is 2.67. The Morgan fingerprint density at radius 3 is 2.42 bits per heavy atom. The van der Waals surface area contributed by atoms with Crippen molar-refractivity contribution in [2.24, 2.45) is 0 Å². The van der Waals surface area contributed by atoms with E-state index in [4.69, 9.17) is 0 Å². The van der Waals surface area contributed by atoms with Gasteiger partial charge in [0.25, 0.3) is 0 Å². The van der Waals surface area contributed by atoms with Crippen LogP contribution in [-0.4, -0.2) is 39.2 Å². The molecule has 0 radical (unpaired) electrons. The van der Waals surface area contributed by atoms with Crippen LogP contribution in [0.25, 0.3) is 16.9 Å². The Balaban J connectivity index is 1.73. The third-order valence-electron chi connectivity index (χ3n) is 3.81. The fraction of sp³-hybridized carbons (Fsp3) is 0.267. The monoisotopic (exact) mass is 335 g/mol. The standard InChI is InChI=1S/C15H12F3N5O/c16-15(17,18)24-11-3-1-10(2-4-11)23-14-13(20-5-6-21-14)12(22-23)9-7-19-8-9/h1-6,9,19H,7-8H2. The lowest BCUT2D eigenvalue weighted by molar-refractivity contribution is -0.274. The minimum Gasteiger partial charge on any atom is -0.406 e. The summed E-state index contributed by atoms with van der Waals surface area (Å²) in [5, 5.41) is 7.76. The summed E-state index contributed by atoms with van der Waals surface area (Å²) in [5.74, 6) is -0.0181. The molecular weight excluding hydrogens is 323 g/mol. The molecule has 0 amide bonds. The van der Waals surface area contributed by atoms with Gasteiger partial charge in [-0.2, -0.15) is 5.10 Å². The van der Waals surface area contributed by atoms with Crippen molar-refractivity contribution >= 4 is 11.2 Å². The molecule has 0 spiro atoms. The number of halogens is 3. The number of nitrogens with one attached hydrogen (secondary N) is 1. The molecule has 0 aliphatic carbocycles. The zero-order valence-electron chi connectivity index (χ0n) is 12.3. The fourth-order valence-electron chi connectivity index (χ4n) is 2.59. The summed E-state index contributed by atoms with van der Waals surface area (Å²) in [6.45, 7) is 1.64. The van der Waals surface area contributed by atoms with Gasteiger partial charge in [-0.05, 0) is 24.3 Å². The SMILES string of the molecule is FC(F)(F)Oc1ccc(-n2nc(C3CNC3)c3nccnc32)cc1. The van der Waals surface area contributed by atoms with Gasteiger partial charge in [0.05, 0.1) is 11.4 Å². The lowest BCUT2D eigenvalue weighted by Crippen LogP contribution is -2.40. The fourth-order valence-corrected chi connectivity index (χ4v) is 2.59. The van der Waals surface area contributed by atoms with E-state index in [9.17, 15) is 13.2 Å². The normalized spacial score (nSPS) is 15.5. The molecule has 2 aromatic heterocycles. The van der Waals surface area contributed by atoms with Crippen molar-refractivity contribution in [1.82, 2.24) is 25.1 Å². The van der Waals surface area contributed by atoms with Crippen LogP contribution in [0, 0.1) is 0 Å². The molecule has 3 heterocycles. The zero-order chi connectivity index (χ0) is 16.7. The molecular formula is C15H12F3N5O. The minimum absolute atomic E-state index is 0.262. The highest BCUT2D eigenvalue weighted by molar-refractivity contribution is 5.76. The molecule has 0 saturated carbocycles. The van der Waals surface area contributed by atoms with Crippen LogP contribution in [0.15, 0.2) is 36.7 Å². The van der Waals surface area contributed by atoms with Crippen molar-refractivity contribution < 1.29 is 17.9 Å². The largest absolute Gasteiger partial charge is 0.573 e. The van der Waals surface area contributed by atoms with Gasteiger partial charge in [-0.3, -0.25) is 0 Å². The predicted molar refractivity (Wildman–Crippen MR) is 79.0 cm³/mol. The van der Waals surface area contributed by atoms with Crippen molar-refractivity contribution in [3.05, 3.63) is 42.4 Å². The topological polar surface area (TPSA) is 64.9 Å². The molecule has 24 heavy (non-hydrogen) atoms. The van der Waals surface area contributed by atoms with E-state index in [-0.39, 0.29) is 11.7 Å². The maximum absolute atomic E-state index is 12.2. The van der Waals surface area contributed by atoms with Crippen LogP contribution < -0.4 is 10.1 Å². The molecule has 0 unspecified atom stereocenters. The first-order valence-electron chi connectivity index (χ1n) is 7.28. The Bertz CT molecular complexity index is 871. The number of aromatic nitrogens is 4. The van der Waals surface area contributed by atoms with Crippen molar-refractivity contribution in [2.75, 3.05) is 13.1 Å². The minimum atomic E-state index is -4.71. The maximum Gasteiger partial charge on any atom is 0.573 e. The molecule has 1 fully saturated rings. The summed E-state index contributed by atoms with van der Waals surface area (Å²) in [7, 11) is 0. The lowest BCUT2D eigenvalue weighted by atomic mass is 9.99. The molecule has 9 heteroatoms. The van der Waals surface area contributed by atoms with E-state index in [1.165, 1.54) is 24.3 Å². The molecule has 0 atom stereocenters. The molecule has 1 aromatic carbocycles. The molecule has 1 aliphatic heterocycles. The first kappa shape index (κ1) is 14.9. The van der Waals surface area contributed by atoms with E-state index in [2.05, 4.69) is 25.1 Å². The van der Waals surface area contributed by atoms with Crippen LogP contribution >= 0.6 is 0 Å². The van der Waals surface area contributed by atoms with Gasteiger partial charge in [-0.25, -0.2) is 14.6 Å². The van der Waals surface area contributed by atoms with E-state index in [0.29, 0.717) is 16.9 Å². The van der Waals surface area contributed by atoms with Gasteiger partial charge in [0, 0.05) is 31.4 Å². The Morgan fingerprint density at radius 1 is 1.08 bits per heavy atom. The van der Waals surface area contributed by atoms with Gasteiger partial charge in [0.15, 0.2) is 5.65 Å². The van der Waals surface area contributed by atoms with Crippen LogP contribution in [0.3, 0.4) is 0 Å². The Kier molecular flexibility index (Phi) is 3.38. The van der Waals surface area contributed by atoms with Crippen molar-refractivity contribution in [3.8, 4) is 11.4 Å². The van der Waals surface area contributed by atoms with Crippen LogP contribution in [0.4, 0.5) is 13.2 Å². The van der Waals surface area contributed by atoms with E-state index in [1.807, 2.05) is 0 Å². The second kappa shape index (κ2) is 5.45. The average molecular weight is 335 g/mol. The van der Waals surface area contributed by atoms with Gasteiger partial charge in [0.2, 0.25) is 0 Å². The summed E-state index contributed by atoms with van der Waals surface area (Å²) in [5.41, 5.74) is 2.71. The van der Waals surface area contributed by atoms with Gasteiger partial charge in [-0.1, -0.05) is 0 Å². The van der Waals surface area contributed by atoms with Gasteiger partial charge >= 0.3 is 6.36 Å². The van der Waals surface area contributed by atoms with E-state index < -0.39 is 6.36 Å². The van der Waals surface area contributed by atoms with Crippen molar-refractivity contribution in [1.29, 1.82) is 0 Å². The Labute approximate surface area is 134 Å². The Morgan fingerprint density at radius 2 is 1.79 bits per heavy atom. The molecule has 1 saturated heterocycles. The first-order chi connectivity index (χ1) is 11.5. The number of rotatable bonds is 3. The second-order valence-corrected chi connectivity index (χ2v) is 5.42. The average Bonchev–Trinajstić information content (AvgIpc) is 2.85. The van der Waals surface area contributed by atoms with Crippen LogP contribution in [0.2, 0.25) is 0 Å². The molecule has 1 N–H and O–H groups in total. The van der Waals surface area contributed by atoms with E-state index in [1.54, 1.807) is 17.1 Å². The smallest absolute Gasteiger partial charge is 0.406 e. The van der Waals surface area contributed by atoms with Gasteiger partial charge in [-0.15, -0.1) is 13.2 Å². The van der Waals surface area contributed by atoms with Crippen LogP contribution in [-0.2, 0) is 0 Å². The lowest BCUT2D eigenvalue weighted by Gasteiger charge is -2.25. The van der Waals surface area contributed by atoms with E-state index in [0.717, 1.165) is 18.8 Å². The van der Waals surface area contributed by atoms with Crippen molar-refractivity contribution in [2.45, 2.75) is 12.3 Å². The zero-order valence-corrected chi connectivity index (χ0v) is 12.3. The highest BCUT2D eigenvalue weighted by atomic mass is 19.4. The summed E-state index contributed by atoms with van der Waals surface area (Å²) < 4.78 is 42.2. The summed E-state index contributed by atoms with van der Waals surface area (Å²) in [6.07, 6.45) is -1.55. The van der Waals surface area contributed by atoms with Gasteiger partial charge < -0.3 is 10.1 Å².